The largest absolute Gasteiger partial charge is 0.243 e. The van der Waals surface area contributed by atoms with Gasteiger partial charge in [-0.3, -0.25) is 0 Å². The Labute approximate surface area is 83.1 Å². The molecule has 0 aliphatic carbocycles. The van der Waals surface area contributed by atoms with E-state index in [0.717, 1.165) is 23.1 Å². The first-order chi connectivity index (χ1) is 6.21. The molecular weight excluding hydrogens is 228 g/mol. The molecule has 0 aromatic carbocycles. The Bertz CT molecular complexity index is 432. The summed E-state index contributed by atoms with van der Waals surface area (Å²) in [5, 5.41) is 3.39. The van der Waals surface area contributed by atoms with E-state index in [9.17, 15) is 8.42 Å². The summed E-state index contributed by atoms with van der Waals surface area (Å²) in [7, 11) is -3.45. The van der Waals surface area contributed by atoms with E-state index in [-0.39, 0.29) is 10.1 Å². The van der Waals surface area contributed by atoms with Gasteiger partial charge in [0.1, 0.15) is 0 Å². The summed E-state index contributed by atoms with van der Waals surface area (Å²) in [6.07, 6.45) is 0. The molecule has 0 radical (unpaired) electrons. The van der Waals surface area contributed by atoms with E-state index in [1.165, 1.54) is 12.1 Å². The molecule has 0 amide bonds. The fourth-order valence-corrected chi connectivity index (χ4v) is 3.54. The lowest BCUT2D eigenvalue weighted by Crippen LogP contribution is -2.01. The van der Waals surface area contributed by atoms with Crippen molar-refractivity contribution < 1.29 is 8.42 Å². The normalized spacial score (nSPS) is 11.7. The Kier molecular flexibility index (Phi) is 2.14. The first-order valence-electron chi connectivity index (χ1n) is 3.27. The minimum absolute atomic E-state index is 0.0726. The van der Waals surface area contributed by atoms with Crippen LogP contribution in [-0.4, -0.2) is 17.2 Å². The number of sulfone groups is 1. The average molecular weight is 232 g/mol. The lowest BCUT2D eigenvalue weighted by atomic mass is 10.8. The maximum atomic E-state index is 11.6. The van der Waals surface area contributed by atoms with E-state index >= 15 is 0 Å². The highest BCUT2D eigenvalue weighted by atomic mass is 32.2. The first-order valence-corrected chi connectivity index (χ1v) is 6.43. The molecule has 0 unspecified atom stereocenters. The smallest absolute Gasteiger partial charge is 0.215 e. The Morgan fingerprint density at radius 1 is 1.00 bits per heavy atom. The Morgan fingerprint density at radius 2 is 1.46 bits per heavy atom. The van der Waals surface area contributed by atoms with Crippen molar-refractivity contribution in [2.45, 2.75) is 10.1 Å². The first kappa shape index (κ1) is 8.79. The highest BCUT2D eigenvalue weighted by molar-refractivity contribution is 7.91. The highest BCUT2D eigenvalue weighted by Crippen LogP contribution is 2.18. The number of rotatable bonds is 2. The molecule has 2 aromatic heterocycles. The van der Waals surface area contributed by atoms with E-state index in [1.807, 2.05) is 0 Å². The second kappa shape index (κ2) is 3.17. The maximum absolute atomic E-state index is 11.6. The average Bonchev–Trinajstić information content (AvgIpc) is 2.78. The molecule has 4 nitrogen and oxygen atoms in total. The van der Waals surface area contributed by atoms with E-state index in [0.29, 0.717) is 0 Å². The highest BCUT2D eigenvalue weighted by Gasteiger charge is 2.21. The monoisotopic (exact) mass is 232 g/mol. The van der Waals surface area contributed by atoms with E-state index in [2.05, 4.69) is 8.75 Å². The Morgan fingerprint density at radius 3 is 1.77 bits per heavy atom. The molecule has 2 heterocycles. The third-order valence-corrected chi connectivity index (χ3v) is 4.29. The van der Waals surface area contributed by atoms with Crippen LogP contribution in [0.25, 0.3) is 0 Å². The van der Waals surface area contributed by atoms with E-state index in [1.54, 1.807) is 10.8 Å². The quantitative estimate of drug-likeness (QED) is 0.786. The Hall–Kier alpha value is -0.790. The van der Waals surface area contributed by atoms with Crippen LogP contribution in [0.5, 0.6) is 0 Å². The summed E-state index contributed by atoms with van der Waals surface area (Å²) in [6, 6.07) is 2.94. The van der Waals surface area contributed by atoms with Gasteiger partial charge in [0.2, 0.25) is 9.84 Å². The summed E-state index contributed by atoms with van der Waals surface area (Å²) in [6.45, 7) is 0. The molecule has 13 heavy (non-hydrogen) atoms. The molecule has 0 fully saturated rings. The molecule has 0 N–H and O–H groups in total. The zero-order valence-electron chi connectivity index (χ0n) is 6.25. The summed E-state index contributed by atoms with van der Waals surface area (Å²) in [5.74, 6) is 0. The zero-order chi connectivity index (χ0) is 9.31. The predicted molar refractivity (Wildman–Crippen MR) is 49.7 cm³/mol. The van der Waals surface area contributed by atoms with Gasteiger partial charge in [-0.05, 0) is 35.2 Å². The maximum Gasteiger partial charge on any atom is 0.243 e. The van der Waals surface area contributed by atoms with Crippen LogP contribution in [0.1, 0.15) is 0 Å². The number of hydrogen-bond acceptors (Lipinski definition) is 6. The fraction of sp³-hybridized carbons (Fsp3) is 0. The van der Waals surface area contributed by atoms with Gasteiger partial charge >= 0.3 is 0 Å². The minimum atomic E-state index is -3.45. The second-order valence-electron chi connectivity index (χ2n) is 2.18. The molecule has 0 spiro atoms. The van der Waals surface area contributed by atoms with Crippen molar-refractivity contribution in [3.8, 4) is 0 Å². The van der Waals surface area contributed by atoms with Crippen molar-refractivity contribution in [3.05, 3.63) is 22.9 Å². The van der Waals surface area contributed by atoms with Crippen molar-refractivity contribution in [1.29, 1.82) is 0 Å². The van der Waals surface area contributed by atoms with Crippen LogP contribution in [0.2, 0.25) is 0 Å². The molecule has 2 aromatic rings. The van der Waals surface area contributed by atoms with Gasteiger partial charge in [0, 0.05) is 10.8 Å². The van der Waals surface area contributed by atoms with Crippen molar-refractivity contribution in [3.63, 3.8) is 0 Å². The van der Waals surface area contributed by atoms with Gasteiger partial charge in [0.15, 0.2) is 10.1 Å². The number of aromatic nitrogens is 2. The standard InChI is InChI=1S/C6H4N2O2S3/c9-13(10,5-1-3-11-7-5)6-2-4-12-8-6/h1-4H. The van der Waals surface area contributed by atoms with Crippen molar-refractivity contribution in [2.24, 2.45) is 0 Å². The Balaban J connectivity index is 2.56. The summed E-state index contributed by atoms with van der Waals surface area (Å²) in [5.41, 5.74) is 0. The van der Waals surface area contributed by atoms with Crippen LogP contribution in [-0.2, 0) is 9.84 Å². The van der Waals surface area contributed by atoms with Gasteiger partial charge in [0.25, 0.3) is 0 Å². The number of hydrogen-bond donors (Lipinski definition) is 0. The molecule has 0 aliphatic rings. The van der Waals surface area contributed by atoms with E-state index < -0.39 is 9.84 Å². The third-order valence-electron chi connectivity index (χ3n) is 1.38. The molecule has 0 aliphatic heterocycles. The topological polar surface area (TPSA) is 59.9 Å². The van der Waals surface area contributed by atoms with Crippen molar-refractivity contribution in [2.75, 3.05) is 0 Å². The van der Waals surface area contributed by atoms with Crippen molar-refractivity contribution >= 4 is 32.9 Å². The van der Waals surface area contributed by atoms with Gasteiger partial charge < -0.3 is 0 Å². The SMILES string of the molecule is O=S(=O)(c1ccsn1)c1ccsn1. The van der Waals surface area contributed by atoms with Crippen LogP contribution in [0.3, 0.4) is 0 Å². The molecule has 0 saturated carbocycles. The predicted octanol–water partition coefficient (Wildman–Crippen LogP) is 1.43. The van der Waals surface area contributed by atoms with Crippen LogP contribution < -0.4 is 0 Å². The molecule has 2 rings (SSSR count). The molecular formula is C6H4N2O2S3. The number of nitrogens with zero attached hydrogens (tertiary/aromatic N) is 2. The lowest BCUT2D eigenvalue weighted by molar-refractivity contribution is 0.591. The van der Waals surface area contributed by atoms with Crippen LogP contribution in [0.4, 0.5) is 0 Å². The lowest BCUT2D eigenvalue weighted by Gasteiger charge is -1.93. The molecule has 0 bridgehead atoms. The van der Waals surface area contributed by atoms with Crippen LogP contribution in [0.15, 0.2) is 32.9 Å². The molecule has 68 valence electrons. The van der Waals surface area contributed by atoms with Gasteiger partial charge in [-0.2, -0.15) is 8.75 Å². The van der Waals surface area contributed by atoms with Gasteiger partial charge in [-0.1, -0.05) is 0 Å². The fourth-order valence-electron chi connectivity index (χ4n) is 0.787. The van der Waals surface area contributed by atoms with Gasteiger partial charge in [-0.25, -0.2) is 8.42 Å². The van der Waals surface area contributed by atoms with Gasteiger partial charge in [0.05, 0.1) is 0 Å². The molecule has 0 atom stereocenters. The van der Waals surface area contributed by atoms with Gasteiger partial charge in [-0.15, -0.1) is 0 Å². The summed E-state index contributed by atoms with van der Waals surface area (Å²) in [4.78, 5) is 0. The van der Waals surface area contributed by atoms with Crippen molar-refractivity contribution in [1.82, 2.24) is 8.75 Å². The summed E-state index contributed by atoms with van der Waals surface area (Å²) < 4.78 is 30.8. The summed E-state index contributed by atoms with van der Waals surface area (Å²) >= 11 is 2.22. The molecule has 0 saturated heterocycles. The van der Waals surface area contributed by atoms with E-state index in [4.69, 9.17) is 0 Å². The van der Waals surface area contributed by atoms with Crippen LogP contribution in [0, 0.1) is 0 Å². The van der Waals surface area contributed by atoms with Crippen LogP contribution >= 0.6 is 23.1 Å². The third kappa shape index (κ3) is 1.50. The zero-order valence-corrected chi connectivity index (χ0v) is 8.69. The second-order valence-corrected chi connectivity index (χ2v) is 5.35. The minimum Gasteiger partial charge on any atom is -0.215 e. The molecule has 7 heteroatoms.